The zero-order chi connectivity index (χ0) is 12.9. The Bertz CT molecular complexity index is 363. The summed E-state index contributed by atoms with van der Waals surface area (Å²) in [7, 11) is 0. The van der Waals surface area contributed by atoms with Crippen molar-refractivity contribution >= 4 is 5.91 Å². The van der Waals surface area contributed by atoms with Gasteiger partial charge in [-0.3, -0.25) is 4.79 Å². The molecule has 0 heterocycles. The highest BCUT2D eigenvalue weighted by molar-refractivity contribution is 5.85. The van der Waals surface area contributed by atoms with Crippen molar-refractivity contribution < 1.29 is 9.90 Å². The van der Waals surface area contributed by atoms with Crippen molar-refractivity contribution in [1.82, 2.24) is 5.32 Å². The van der Waals surface area contributed by atoms with E-state index in [0.29, 0.717) is 6.42 Å². The van der Waals surface area contributed by atoms with E-state index in [2.05, 4.69) is 5.32 Å². The van der Waals surface area contributed by atoms with Crippen LogP contribution in [-0.2, 0) is 4.79 Å². The Kier molecular flexibility index (Phi) is 4.66. The van der Waals surface area contributed by atoms with Crippen LogP contribution >= 0.6 is 0 Å². The summed E-state index contributed by atoms with van der Waals surface area (Å²) in [5.41, 5.74) is 5.82. The van der Waals surface area contributed by atoms with Gasteiger partial charge in [-0.15, -0.1) is 0 Å². The lowest BCUT2D eigenvalue weighted by molar-refractivity contribution is -0.127. The fraction of sp³-hybridized carbons (Fsp3) is 0.462. The standard InChI is InChI=1S/C13H20N2O2/c1-3-13(2,14)12(17)15-11(9-16)10-7-5-4-6-8-10/h4-8,11,16H,3,9,14H2,1-2H3,(H,15,17)/t11-,13?/m0/s1. The first-order chi connectivity index (χ1) is 8.01. The first-order valence-electron chi connectivity index (χ1n) is 5.77. The van der Waals surface area contributed by atoms with Crippen LogP contribution in [-0.4, -0.2) is 23.2 Å². The van der Waals surface area contributed by atoms with Gasteiger partial charge in [0.2, 0.25) is 5.91 Å². The average Bonchev–Trinajstić information content (AvgIpc) is 2.36. The van der Waals surface area contributed by atoms with E-state index in [1.165, 1.54) is 0 Å². The second kappa shape index (κ2) is 5.80. The molecule has 94 valence electrons. The maximum Gasteiger partial charge on any atom is 0.240 e. The number of rotatable bonds is 5. The zero-order valence-corrected chi connectivity index (χ0v) is 10.3. The third-order valence-corrected chi connectivity index (χ3v) is 2.94. The summed E-state index contributed by atoms with van der Waals surface area (Å²) in [5, 5.41) is 12.1. The monoisotopic (exact) mass is 236 g/mol. The second-order valence-corrected chi connectivity index (χ2v) is 4.39. The van der Waals surface area contributed by atoms with Crippen molar-refractivity contribution in [3.63, 3.8) is 0 Å². The van der Waals surface area contributed by atoms with Crippen LogP contribution in [0.2, 0.25) is 0 Å². The van der Waals surface area contributed by atoms with Gasteiger partial charge in [-0.25, -0.2) is 0 Å². The molecule has 2 atom stereocenters. The molecule has 0 saturated heterocycles. The predicted molar refractivity (Wildman–Crippen MR) is 67.3 cm³/mol. The molecule has 1 unspecified atom stereocenters. The molecule has 1 aromatic carbocycles. The number of nitrogens with one attached hydrogen (secondary N) is 1. The Morgan fingerprint density at radius 2 is 2.06 bits per heavy atom. The van der Waals surface area contributed by atoms with Crippen molar-refractivity contribution in [2.24, 2.45) is 5.73 Å². The minimum absolute atomic E-state index is 0.143. The number of carbonyl (C=O) groups excluding carboxylic acids is 1. The van der Waals surface area contributed by atoms with Gasteiger partial charge in [-0.1, -0.05) is 37.3 Å². The maximum absolute atomic E-state index is 11.9. The van der Waals surface area contributed by atoms with Crippen LogP contribution in [0.15, 0.2) is 30.3 Å². The molecule has 0 aliphatic rings. The summed E-state index contributed by atoms with van der Waals surface area (Å²) >= 11 is 0. The summed E-state index contributed by atoms with van der Waals surface area (Å²) in [6.07, 6.45) is 0.547. The van der Waals surface area contributed by atoms with Crippen LogP contribution < -0.4 is 11.1 Å². The van der Waals surface area contributed by atoms with Gasteiger partial charge in [0.25, 0.3) is 0 Å². The number of hydrogen-bond acceptors (Lipinski definition) is 3. The summed E-state index contributed by atoms with van der Waals surface area (Å²) in [6.45, 7) is 3.40. The largest absolute Gasteiger partial charge is 0.394 e. The molecule has 0 saturated carbocycles. The highest BCUT2D eigenvalue weighted by Crippen LogP contribution is 2.14. The molecule has 0 spiro atoms. The third kappa shape index (κ3) is 3.54. The van der Waals surface area contributed by atoms with Crippen LogP contribution in [0, 0.1) is 0 Å². The Morgan fingerprint density at radius 1 is 1.47 bits per heavy atom. The molecule has 0 aliphatic carbocycles. The Labute approximate surface area is 102 Å². The number of hydrogen-bond donors (Lipinski definition) is 3. The molecule has 0 bridgehead atoms. The van der Waals surface area contributed by atoms with Gasteiger partial charge in [0.05, 0.1) is 18.2 Å². The van der Waals surface area contributed by atoms with Crippen molar-refractivity contribution in [1.29, 1.82) is 0 Å². The van der Waals surface area contributed by atoms with E-state index in [1.54, 1.807) is 6.92 Å². The van der Waals surface area contributed by atoms with E-state index < -0.39 is 11.6 Å². The van der Waals surface area contributed by atoms with Gasteiger partial charge in [-0.2, -0.15) is 0 Å². The molecule has 0 aromatic heterocycles. The highest BCUT2D eigenvalue weighted by Gasteiger charge is 2.28. The number of benzene rings is 1. The fourth-order valence-corrected chi connectivity index (χ4v) is 1.40. The first kappa shape index (κ1) is 13.7. The van der Waals surface area contributed by atoms with E-state index >= 15 is 0 Å². The lowest BCUT2D eigenvalue weighted by atomic mass is 9.98. The SMILES string of the molecule is CCC(C)(N)C(=O)N[C@@H](CO)c1ccccc1. The summed E-state index contributed by atoms with van der Waals surface area (Å²) in [6, 6.07) is 8.94. The van der Waals surface area contributed by atoms with E-state index in [1.807, 2.05) is 37.3 Å². The third-order valence-electron chi connectivity index (χ3n) is 2.94. The highest BCUT2D eigenvalue weighted by atomic mass is 16.3. The molecule has 4 N–H and O–H groups in total. The van der Waals surface area contributed by atoms with Crippen molar-refractivity contribution in [2.45, 2.75) is 31.8 Å². The van der Waals surface area contributed by atoms with E-state index in [9.17, 15) is 9.90 Å². The number of amides is 1. The molecule has 0 aliphatic heterocycles. The Balaban J connectivity index is 2.75. The molecule has 4 heteroatoms. The maximum atomic E-state index is 11.9. The van der Waals surface area contributed by atoms with Gasteiger partial charge >= 0.3 is 0 Å². The van der Waals surface area contributed by atoms with Crippen molar-refractivity contribution in [3.05, 3.63) is 35.9 Å². The topological polar surface area (TPSA) is 75.4 Å². The van der Waals surface area contributed by atoms with Gasteiger partial charge < -0.3 is 16.2 Å². The van der Waals surface area contributed by atoms with Gasteiger partial charge in [0, 0.05) is 0 Å². The van der Waals surface area contributed by atoms with Crippen LogP contribution in [0.25, 0.3) is 0 Å². The van der Waals surface area contributed by atoms with Gasteiger partial charge in [-0.05, 0) is 18.9 Å². The van der Waals surface area contributed by atoms with Gasteiger partial charge in [0.1, 0.15) is 0 Å². The lowest BCUT2D eigenvalue weighted by Crippen LogP contribution is -2.52. The predicted octanol–water partition coefficient (Wildman–Crippen LogP) is 0.964. The summed E-state index contributed by atoms with van der Waals surface area (Å²) in [4.78, 5) is 11.9. The molecule has 0 radical (unpaired) electrons. The van der Waals surface area contributed by atoms with Crippen molar-refractivity contribution in [2.75, 3.05) is 6.61 Å². The summed E-state index contributed by atoms with van der Waals surface area (Å²) < 4.78 is 0. The first-order valence-corrected chi connectivity index (χ1v) is 5.77. The summed E-state index contributed by atoms with van der Waals surface area (Å²) in [5.74, 6) is -0.247. The molecule has 17 heavy (non-hydrogen) atoms. The fourth-order valence-electron chi connectivity index (χ4n) is 1.40. The molecule has 1 aromatic rings. The normalized spacial score (nSPS) is 16.0. The Morgan fingerprint density at radius 3 is 2.53 bits per heavy atom. The van der Waals surface area contributed by atoms with Crippen molar-refractivity contribution in [3.8, 4) is 0 Å². The minimum Gasteiger partial charge on any atom is -0.394 e. The average molecular weight is 236 g/mol. The lowest BCUT2D eigenvalue weighted by Gasteiger charge is -2.25. The number of carbonyl (C=O) groups is 1. The smallest absolute Gasteiger partial charge is 0.240 e. The quantitative estimate of drug-likeness (QED) is 0.713. The van der Waals surface area contributed by atoms with E-state index in [-0.39, 0.29) is 12.5 Å². The number of aliphatic hydroxyl groups excluding tert-OH is 1. The van der Waals surface area contributed by atoms with Crippen LogP contribution in [0.4, 0.5) is 0 Å². The Hall–Kier alpha value is -1.39. The van der Waals surface area contributed by atoms with E-state index in [0.717, 1.165) is 5.56 Å². The molecular weight excluding hydrogens is 216 g/mol. The number of nitrogens with two attached hydrogens (primary N) is 1. The molecule has 1 rings (SSSR count). The zero-order valence-electron chi connectivity index (χ0n) is 10.3. The minimum atomic E-state index is -0.901. The van der Waals surface area contributed by atoms with Crippen LogP contribution in [0.5, 0.6) is 0 Å². The second-order valence-electron chi connectivity index (χ2n) is 4.39. The van der Waals surface area contributed by atoms with Crippen LogP contribution in [0.3, 0.4) is 0 Å². The molecule has 4 nitrogen and oxygen atoms in total. The van der Waals surface area contributed by atoms with E-state index in [4.69, 9.17) is 5.73 Å². The number of aliphatic hydroxyl groups is 1. The van der Waals surface area contributed by atoms with Crippen LogP contribution in [0.1, 0.15) is 31.9 Å². The molecular formula is C13H20N2O2. The molecule has 1 amide bonds. The molecule has 0 fully saturated rings. The van der Waals surface area contributed by atoms with Gasteiger partial charge in [0.15, 0.2) is 0 Å².